The van der Waals surface area contributed by atoms with E-state index in [4.69, 9.17) is 4.98 Å². The third-order valence-corrected chi connectivity index (χ3v) is 6.96. The maximum absolute atomic E-state index is 14.7. The summed E-state index contributed by atoms with van der Waals surface area (Å²) in [5, 5.41) is 14.5. The summed E-state index contributed by atoms with van der Waals surface area (Å²) in [4.78, 5) is 35.6. The van der Waals surface area contributed by atoms with Gasteiger partial charge in [-0.3, -0.25) is 19.9 Å². The maximum atomic E-state index is 14.7. The number of hydrogen-bond acceptors (Lipinski definition) is 8. The molecule has 6 rings (SSSR count). The summed E-state index contributed by atoms with van der Waals surface area (Å²) in [6.45, 7) is 3.46. The molecule has 0 fully saturated rings. The Hall–Kier alpha value is -5.23. The molecule has 0 bridgehead atoms. The molecule has 0 aliphatic carbocycles. The molecule has 4 N–H and O–H groups in total. The zero-order valence-electron chi connectivity index (χ0n) is 24.1. The Morgan fingerprint density at radius 1 is 1.02 bits per heavy atom. The largest absolute Gasteiger partial charge is 0.384 e. The lowest BCUT2D eigenvalue weighted by Crippen LogP contribution is -2.20. The average molecular weight is 579 g/mol. The lowest BCUT2D eigenvalue weighted by atomic mass is 10.0. The molecule has 11 nitrogen and oxygen atoms in total. The number of aromatic nitrogens is 7. The molecule has 6 aromatic rings. The first-order valence-corrected chi connectivity index (χ1v) is 14.0. The predicted molar refractivity (Wildman–Crippen MR) is 166 cm³/mol. The van der Waals surface area contributed by atoms with Crippen LogP contribution in [-0.4, -0.2) is 73.1 Å². The molecule has 0 spiro atoms. The van der Waals surface area contributed by atoms with E-state index in [0.29, 0.717) is 58.3 Å². The number of aromatic amines is 2. The van der Waals surface area contributed by atoms with Crippen LogP contribution in [0.25, 0.3) is 56.0 Å². The van der Waals surface area contributed by atoms with Crippen molar-refractivity contribution in [2.24, 2.45) is 0 Å². The first-order chi connectivity index (χ1) is 20.9. The molecule has 5 aromatic heterocycles. The third-order valence-electron chi connectivity index (χ3n) is 6.96. The highest BCUT2D eigenvalue weighted by Gasteiger charge is 2.18. The average Bonchev–Trinajstić information content (AvgIpc) is 3.60. The van der Waals surface area contributed by atoms with Crippen LogP contribution in [0.4, 0.5) is 15.8 Å². The van der Waals surface area contributed by atoms with Crippen molar-refractivity contribution < 1.29 is 9.18 Å². The lowest BCUT2D eigenvalue weighted by Gasteiger charge is -2.13. The zero-order valence-corrected chi connectivity index (χ0v) is 24.1. The minimum absolute atomic E-state index is 0.0603. The van der Waals surface area contributed by atoms with E-state index >= 15 is 0 Å². The predicted octanol–water partition coefficient (Wildman–Crippen LogP) is 5.48. The normalized spacial score (nSPS) is 11.5. The van der Waals surface area contributed by atoms with E-state index in [0.717, 1.165) is 35.0 Å². The third kappa shape index (κ3) is 6.04. The van der Waals surface area contributed by atoms with Crippen molar-refractivity contribution in [1.82, 2.24) is 40.0 Å². The first kappa shape index (κ1) is 27.9. The van der Waals surface area contributed by atoms with Crippen LogP contribution in [0.1, 0.15) is 19.8 Å². The Morgan fingerprint density at radius 3 is 2.72 bits per heavy atom. The van der Waals surface area contributed by atoms with Crippen molar-refractivity contribution in [3.63, 3.8) is 0 Å². The van der Waals surface area contributed by atoms with Crippen molar-refractivity contribution in [3.05, 3.63) is 67.0 Å². The van der Waals surface area contributed by atoms with E-state index in [-0.39, 0.29) is 11.7 Å². The number of carbonyl (C=O) groups excluding carboxylic acids is 1. The van der Waals surface area contributed by atoms with Gasteiger partial charge in [0.2, 0.25) is 5.91 Å². The number of hydrogen-bond donors (Lipinski definition) is 4. The van der Waals surface area contributed by atoms with Crippen LogP contribution in [0, 0.1) is 5.82 Å². The topological polar surface area (TPSA) is 140 Å². The zero-order chi connectivity index (χ0) is 29.9. The van der Waals surface area contributed by atoms with Gasteiger partial charge in [-0.2, -0.15) is 5.10 Å². The summed E-state index contributed by atoms with van der Waals surface area (Å²) in [5.74, 6) is 0.115. The summed E-state index contributed by atoms with van der Waals surface area (Å²) in [7, 11) is 3.99. The van der Waals surface area contributed by atoms with Gasteiger partial charge in [-0.25, -0.2) is 14.4 Å². The Kier molecular flexibility index (Phi) is 7.75. The number of nitrogens with one attached hydrogen (secondary N) is 4. The van der Waals surface area contributed by atoms with E-state index in [1.54, 1.807) is 24.8 Å². The number of likely N-dealkylation sites (N-methyl/N-ethyl adjacent to an activating group) is 1. The Morgan fingerprint density at radius 2 is 1.88 bits per heavy atom. The van der Waals surface area contributed by atoms with Gasteiger partial charge in [0.25, 0.3) is 0 Å². The molecule has 0 saturated heterocycles. The Bertz CT molecular complexity index is 1930. The smallest absolute Gasteiger partial charge is 0.224 e. The minimum atomic E-state index is -0.337. The van der Waals surface area contributed by atoms with Gasteiger partial charge in [0.05, 0.1) is 34.8 Å². The Labute approximate surface area is 247 Å². The van der Waals surface area contributed by atoms with Crippen molar-refractivity contribution in [2.45, 2.75) is 19.8 Å². The molecule has 0 atom stereocenters. The monoisotopic (exact) mass is 578 g/mol. The molecule has 0 saturated carbocycles. The first-order valence-electron chi connectivity index (χ1n) is 14.0. The van der Waals surface area contributed by atoms with Gasteiger partial charge in [-0.1, -0.05) is 6.92 Å². The van der Waals surface area contributed by atoms with E-state index < -0.39 is 0 Å². The van der Waals surface area contributed by atoms with Crippen molar-refractivity contribution in [3.8, 4) is 33.9 Å². The standard InChI is InChI=1S/C31H31FN10O/c1-4-5-27(43)37-22-12-19(15-33-16-22)25-14-24-26(17-36-25)40-41-29(24)31-38-28-23(6-7-35-30(28)39-31)18-10-20(32)13-21(11-18)34-8-9-42(2)3/h6-7,10-17,34H,4-5,8-9H2,1-3H3,(H,37,43)(H,40,41)(H,35,38,39). The molecule has 0 radical (unpaired) electrons. The number of H-pyrrole nitrogens is 2. The van der Waals surface area contributed by atoms with Gasteiger partial charge in [0.1, 0.15) is 11.5 Å². The fraction of sp³-hybridized carbons (Fsp3) is 0.226. The van der Waals surface area contributed by atoms with Gasteiger partial charge in [0.15, 0.2) is 11.5 Å². The molecule has 5 heterocycles. The van der Waals surface area contributed by atoms with Crippen LogP contribution < -0.4 is 10.6 Å². The minimum Gasteiger partial charge on any atom is -0.384 e. The highest BCUT2D eigenvalue weighted by molar-refractivity contribution is 5.97. The quantitative estimate of drug-likeness (QED) is 0.168. The van der Waals surface area contributed by atoms with Crippen LogP contribution >= 0.6 is 0 Å². The molecular weight excluding hydrogens is 547 g/mol. The molecule has 12 heteroatoms. The van der Waals surface area contributed by atoms with Gasteiger partial charge >= 0.3 is 0 Å². The van der Waals surface area contributed by atoms with Crippen LogP contribution in [0.15, 0.2) is 61.2 Å². The second-order valence-electron chi connectivity index (χ2n) is 10.5. The number of imidazole rings is 1. The number of pyridine rings is 3. The second kappa shape index (κ2) is 11.9. The molecule has 218 valence electrons. The van der Waals surface area contributed by atoms with Crippen molar-refractivity contribution >= 4 is 39.3 Å². The molecular formula is C31H31FN10O. The van der Waals surface area contributed by atoms with Gasteiger partial charge in [-0.05, 0) is 62.5 Å². The molecule has 0 aliphatic rings. The van der Waals surface area contributed by atoms with Crippen molar-refractivity contribution in [1.29, 1.82) is 0 Å². The summed E-state index contributed by atoms with van der Waals surface area (Å²) in [6, 6.07) is 10.5. The summed E-state index contributed by atoms with van der Waals surface area (Å²) < 4.78 is 14.7. The van der Waals surface area contributed by atoms with Gasteiger partial charge < -0.3 is 20.5 Å². The van der Waals surface area contributed by atoms with Crippen molar-refractivity contribution in [2.75, 3.05) is 37.8 Å². The number of nitrogens with zero attached hydrogens (tertiary/aromatic N) is 6. The molecule has 0 unspecified atom stereocenters. The lowest BCUT2D eigenvalue weighted by molar-refractivity contribution is -0.116. The number of anilines is 2. The summed E-state index contributed by atoms with van der Waals surface area (Å²) in [6.07, 6.45) is 7.87. The fourth-order valence-electron chi connectivity index (χ4n) is 4.89. The van der Waals surface area contributed by atoms with E-state index in [1.165, 1.54) is 12.1 Å². The van der Waals surface area contributed by atoms with Crippen LogP contribution in [-0.2, 0) is 4.79 Å². The number of carbonyl (C=O) groups is 1. The van der Waals surface area contributed by atoms with Crippen LogP contribution in [0.5, 0.6) is 0 Å². The summed E-state index contributed by atoms with van der Waals surface area (Å²) >= 11 is 0. The molecule has 43 heavy (non-hydrogen) atoms. The molecule has 0 aliphatic heterocycles. The van der Waals surface area contributed by atoms with Gasteiger partial charge in [-0.15, -0.1) is 0 Å². The number of fused-ring (bicyclic) bond motifs is 2. The summed E-state index contributed by atoms with van der Waals surface area (Å²) in [5.41, 5.74) is 6.67. The highest BCUT2D eigenvalue weighted by atomic mass is 19.1. The number of rotatable bonds is 10. The van der Waals surface area contributed by atoms with E-state index in [1.807, 2.05) is 45.3 Å². The SMILES string of the molecule is CCCC(=O)Nc1cncc(-c2cc3c(-c4nc5nccc(-c6cc(F)cc(NCCN(C)C)c6)c5[nH]4)n[nH]c3cn2)c1. The van der Waals surface area contributed by atoms with Crippen LogP contribution in [0.2, 0.25) is 0 Å². The molecule has 1 amide bonds. The van der Waals surface area contributed by atoms with Crippen LogP contribution in [0.3, 0.4) is 0 Å². The van der Waals surface area contributed by atoms with E-state index in [2.05, 4.69) is 45.7 Å². The number of halogens is 1. The van der Waals surface area contributed by atoms with E-state index in [9.17, 15) is 9.18 Å². The number of amides is 1. The Balaban J connectivity index is 1.35. The fourth-order valence-corrected chi connectivity index (χ4v) is 4.89. The van der Waals surface area contributed by atoms with Gasteiger partial charge in [0, 0.05) is 54.1 Å². The maximum Gasteiger partial charge on any atom is 0.224 e. The highest BCUT2D eigenvalue weighted by Crippen LogP contribution is 2.33. The second-order valence-corrected chi connectivity index (χ2v) is 10.5. The number of benzene rings is 1. The molecule has 1 aromatic carbocycles.